The number of hydrogen-bond acceptors (Lipinski definition) is 2. The predicted molar refractivity (Wildman–Crippen MR) is 122 cm³/mol. The summed E-state index contributed by atoms with van der Waals surface area (Å²) in [5.74, 6) is 0.755. The number of rotatable bonds is 4. The highest BCUT2D eigenvalue weighted by molar-refractivity contribution is 6.33. The molecule has 3 heteroatoms. The molecule has 0 aliphatic rings. The van der Waals surface area contributed by atoms with Crippen molar-refractivity contribution in [2.75, 3.05) is 7.11 Å². The number of methoxy groups -OCH3 is 1. The molecule has 2 nitrogen and oxygen atoms in total. The molecule has 4 aromatic carbocycles. The second-order valence-corrected chi connectivity index (χ2v) is 8.07. The molecule has 0 heterocycles. The maximum Gasteiger partial charge on any atom is 0.119 e. The quantitative estimate of drug-likeness (QED) is 0.395. The highest BCUT2D eigenvalue weighted by atomic mass is 35.5. The van der Waals surface area contributed by atoms with Crippen LogP contribution >= 0.6 is 11.6 Å². The van der Waals surface area contributed by atoms with E-state index in [1.165, 1.54) is 0 Å². The summed E-state index contributed by atoms with van der Waals surface area (Å²) in [6.45, 7) is 3.63. The second-order valence-electron chi connectivity index (χ2n) is 7.66. The lowest BCUT2D eigenvalue weighted by molar-refractivity contribution is 0.0793. The van der Waals surface area contributed by atoms with E-state index in [1.54, 1.807) is 7.11 Å². The van der Waals surface area contributed by atoms with Gasteiger partial charge in [-0.2, -0.15) is 0 Å². The van der Waals surface area contributed by atoms with Crippen molar-refractivity contribution in [3.8, 4) is 28.0 Å². The van der Waals surface area contributed by atoms with Crippen LogP contribution in [-0.4, -0.2) is 12.2 Å². The van der Waals surface area contributed by atoms with Crippen LogP contribution in [0.2, 0.25) is 5.02 Å². The van der Waals surface area contributed by atoms with Gasteiger partial charge >= 0.3 is 0 Å². The summed E-state index contributed by atoms with van der Waals surface area (Å²) < 4.78 is 5.54. The number of fused-ring (bicyclic) bond motifs is 1. The molecule has 0 saturated carbocycles. The molecule has 0 aliphatic heterocycles. The first-order valence-corrected chi connectivity index (χ1v) is 9.96. The number of benzene rings is 4. The van der Waals surface area contributed by atoms with E-state index in [-0.39, 0.29) is 0 Å². The molecule has 0 aromatic heterocycles. The van der Waals surface area contributed by atoms with Gasteiger partial charge in [0.1, 0.15) is 5.75 Å². The Balaban J connectivity index is 2.15. The molecule has 0 aliphatic carbocycles. The SMILES string of the molecule is COc1ccc(-c2ccccc2Cl)c(-c2c(C(C)(C)O)ccc3ccccc23)c1. The molecule has 0 radical (unpaired) electrons. The van der Waals surface area contributed by atoms with Crippen molar-refractivity contribution >= 4 is 22.4 Å². The number of hydrogen-bond donors (Lipinski definition) is 1. The molecule has 1 N–H and O–H groups in total. The van der Waals surface area contributed by atoms with Crippen molar-refractivity contribution in [3.05, 3.63) is 89.4 Å². The Morgan fingerprint density at radius 3 is 2.24 bits per heavy atom. The topological polar surface area (TPSA) is 29.5 Å². The molecule has 146 valence electrons. The van der Waals surface area contributed by atoms with Gasteiger partial charge in [-0.1, -0.05) is 72.3 Å². The van der Waals surface area contributed by atoms with E-state index >= 15 is 0 Å². The van der Waals surface area contributed by atoms with Crippen molar-refractivity contribution in [1.29, 1.82) is 0 Å². The normalized spacial score (nSPS) is 11.6. The molecular weight excluding hydrogens is 380 g/mol. The Labute approximate surface area is 176 Å². The summed E-state index contributed by atoms with van der Waals surface area (Å²) in [4.78, 5) is 0. The van der Waals surface area contributed by atoms with Crippen LogP contribution in [0.1, 0.15) is 19.4 Å². The summed E-state index contributed by atoms with van der Waals surface area (Å²) in [6, 6.07) is 26.1. The average Bonchev–Trinajstić information content (AvgIpc) is 2.72. The van der Waals surface area contributed by atoms with E-state index in [4.69, 9.17) is 16.3 Å². The molecule has 0 unspecified atom stereocenters. The third-order valence-corrected chi connectivity index (χ3v) is 5.58. The smallest absolute Gasteiger partial charge is 0.119 e. The minimum atomic E-state index is -1.01. The summed E-state index contributed by atoms with van der Waals surface area (Å²) in [7, 11) is 1.66. The van der Waals surface area contributed by atoms with Crippen molar-refractivity contribution in [1.82, 2.24) is 0 Å². The zero-order valence-corrected chi connectivity index (χ0v) is 17.5. The van der Waals surface area contributed by atoms with Gasteiger partial charge < -0.3 is 9.84 Å². The lowest BCUT2D eigenvalue weighted by Crippen LogP contribution is -2.17. The molecule has 0 saturated heterocycles. The maximum atomic E-state index is 11.0. The van der Waals surface area contributed by atoms with Gasteiger partial charge in [0, 0.05) is 10.6 Å². The van der Waals surface area contributed by atoms with Gasteiger partial charge in [0.2, 0.25) is 0 Å². The fourth-order valence-electron chi connectivity index (χ4n) is 3.84. The van der Waals surface area contributed by atoms with Gasteiger partial charge in [-0.3, -0.25) is 0 Å². The first-order valence-electron chi connectivity index (χ1n) is 9.58. The van der Waals surface area contributed by atoms with Crippen molar-refractivity contribution < 1.29 is 9.84 Å². The number of halogens is 1. The van der Waals surface area contributed by atoms with Gasteiger partial charge in [-0.15, -0.1) is 0 Å². The standard InChI is InChI=1S/C26H23ClO2/c1-26(2,28)23-15-12-17-8-4-5-9-19(17)25(23)22-16-18(29-3)13-14-20(22)21-10-6-7-11-24(21)27/h4-16,28H,1-3H3. The average molecular weight is 403 g/mol. The minimum absolute atomic E-state index is 0.684. The third-order valence-electron chi connectivity index (χ3n) is 5.25. The van der Waals surface area contributed by atoms with Gasteiger partial charge in [0.05, 0.1) is 12.7 Å². The summed E-state index contributed by atoms with van der Waals surface area (Å²) in [6.07, 6.45) is 0. The first kappa shape index (κ1) is 19.5. The zero-order valence-electron chi connectivity index (χ0n) is 16.7. The molecule has 4 aromatic rings. The van der Waals surface area contributed by atoms with E-state index < -0.39 is 5.60 Å². The fourth-order valence-corrected chi connectivity index (χ4v) is 4.08. The Morgan fingerprint density at radius 2 is 1.52 bits per heavy atom. The van der Waals surface area contributed by atoms with Crippen LogP contribution in [0.4, 0.5) is 0 Å². The van der Waals surface area contributed by atoms with Gasteiger partial charge in [0.15, 0.2) is 0 Å². The molecule has 0 bridgehead atoms. The van der Waals surface area contributed by atoms with Crippen LogP contribution in [0.3, 0.4) is 0 Å². The monoisotopic (exact) mass is 402 g/mol. The molecule has 29 heavy (non-hydrogen) atoms. The Kier molecular flexibility index (Phi) is 5.08. The van der Waals surface area contributed by atoms with Crippen LogP contribution in [0, 0.1) is 0 Å². The van der Waals surface area contributed by atoms with E-state index in [0.717, 1.165) is 44.3 Å². The van der Waals surface area contributed by atoms with Gasteiger partial charge in [-0.05, 0) is 65.1 Å². The first-order chi connectivity index (χ1) is 13.9. The molecule has 0 fully saturated rings. The Bertz CT molecular complexity index is 1190. The van der Waals surface area contributed by atoms with E-state index in [0.29, 0.717) is 5.02 Å². The Morgan fingerprint density at radius 1 is 0.793 bits per heavy atom. The van der Waals surface area contributed by atoms with Crippen molar-refractivity contribution in [2.45, 2.75) is 19.4 Å². The van der Waals surface area contributed by atoms with Crippen molar-refractivity contribution in [2.24, 2.45) is 0 Å². The molecular formula is C26H23ClO2. The van der Waals surface area contributed by atoms with Crippen LogP contribution in [0.5, 0.6) is 5.75 Å². The number of ether oxygens (including phenoxy) is 1. The number of aliphatic hydroxyl groups is 1. The highest BCUT2D eigenvalue weighted by Gasteiger charge is 2.25. The predicted octanol–water partition coefficient (Wildman–Crippen LogP) is 7.06. The third kappa shape index (κ3) is 3.62. The molecule has 0 amide bonds. The van der Waals surface area contributed by atoms with E-state index in [1.807, 2.05) is 74.5 Å². The van der Waals surface area contributed by atoms with Gasteiger partial charge in [0.25, 0.3) is 0 Å². The van der Waals surface area contributed by atoms with E-state index in [9.17, 15) is 5.11 Å². The van der Waals surface area contributed by atoms with Gasteiger partial charge in [-0.25, -0.2) is 0 Å². The molecule has 0 spiro atoms. The minimum Gasteiger partial charge on any atom is -0.497 e. The second kappa shape index (κ2) is 7.55. The van der Waals surface area contributed by atoms with Crippen molar-refractivity contribution in [3.63, 3.8) is 0 Å². The lowest BCUT2D eigenvalue weighted by Gasteiger charge is -2.25. The van der Waals surface area contributed by atoms with Crippen LogP contribution in [0.15, 0.2) is 78.9 Å². The van der Waals surface area contributed by atoms with Crippen LogP contribution < -0.4 is 4.74 Å². The maximum absolute atomic E-state index is 11.0. The van der Waals surface area contributed by atoms with Crippen LogP contribution in [-0.2, 0) is 5.60 Å². The zero-order chi connectivity index (χ0) is 20.6. The fraction of sp³-hybridized carbons (Fsp3) is 0.154. The summed E-state index contributed by atoms with van der Waals surface area (Å²) >= 11 is 6.56. The highest BCUT2D eigenvalue weighted by Crippen LogP contribution is 2.44. The molecule has 4 rings (SSSR count). The summed E-state index contributed by atoms with van der Waals surface area (Å²) in [5.41, 5.74) is 3.76. The van der Waals surface area contributed by atoms with E-state index in [2.05, 4.69) is 18.2 Å². The van der Waals surface area contributed by atoms with Crippen LogP contribution in [0.25, 0.3) is 33.0 Å². The lowest BCUT2D eigenvalue weighted by atomic mass is 9.83. The Hall–Kier alpha value is -2.81. The summed E-state index contributed by atoms with van der Waals surface area (Å²) in [5, 5.41) is 13.9. The largest absolute Gasteiger partial charge is 0.497 e. The molecule has 0 atom stereocenters.